The fraction of sp³-hybridized carbons (Fsp3) is 0.474. The van der Waals surface area contributed by atoms with E-state index in [2.05, 4.69) is 43.4 Å². The Hall–Kier alpha value is -2.30. The molecule has 1 aromatic heterocycles. The summed E-state index contributed by atoms with van der Waals surface area (Å²) in [6.45, 7) is 11.0. The monoisotopic (exact) mass is 330 g/mol. The van der Waals surface area contributed by atoms with Gasteiger partial charge < -0.3 is 14.6 Å². The van der Waals surface area contributed by atoms with Gasteiger partial charge in [0, 0.05) is 0 Å². The molecule has 2 aromatic rings. The molecule has 1 N–H and O–H groups in total. The second kappa shape index (κ2) is 7.51. The molecule has 0 unspecified atom stereocenters. The van der Waals surface area contributed by atoms with Crippen LogP contribution in [-0.4, -0.2) is 24.2 Å². The summed E-state index contributed by atoms with van der Waals surface area (Å²) in [7, 11) is 0. The first-order valence-electron chi connectivity index (χ1n) is 8.29. The van der Waals surface area contributed by atoms with Crippen molar-refractivity contribution in [2.45, 2.75) is 46.5 Å². The van der Waals surface area contributed by atoms with Crippen LogP contribution in [0.4, 0.5) is 0 Å². The van der Waals surface area contributed by atoms with Gasteiger partial charge in [-0.25, -0.2) is 0 Å². The molecule has 0 fully saturated rings. The number of aromatic nitrogens is 1. The van der Waals surface area contributed by atoms with Crippen molar-refractivity contribution in [1.82, 2.24) is 10.5 Å². The lowest BCUT2D eigenvalue weighted by Gasteiger charge is -2.19. The Morgan fingerprint density at radius 2 is 1.92 bits per heavy atom. The Bertz CT molecular complexity index is 682. The quantitative estimate of drug-likeness (QED) is 0.821. The maximum atomic E-state index is 12.2. The van der Waals surface area contributed by atoms with Crippen LogP contribution in [-0.2, 0) is 11.8 Å². The number of carbonyl (C=O) groups excluding carboxylic acids is 1. The number of hydrogen-bond acceptors (Lipinski definition) is 4. The fourth-order valence-electron chi connectivity index (χ4n) is 2.42. The molecule has 2 rings (SSSR count). The van der Waals surface area contributed by atoms with Crippen LogP contribution in [0.15, 0.2) is 28.8 Å². The van der Waals surface area contributed by atoms with Crippen molar-refractivity contribution in [3.05, 3.63) is 46.8 Å². The maximum Gasteiger partial charge on any atom is 0.256 e. The van der Waals surface area contributed by atoms with Crippen LogP contribution in [0.3, 0.4) is 0 Å². The smallest absolute Gasteiger partial charge is 0.256 e. The Morgan fingerprint density at radius 1 is 1.25 bits per heavy atom. The van der Waals surface area contributed by atoms with Gasteiger partial charge in [-0.15, -0.1) is 0 Å². The van der Waals surface area contributed by atoms with E-state index in [0.717, 1.165) is 5.75 Å². The Morgan fingerprint density at radius 3 is 2.50 bits per heavy atom. The highest BCUT2D eigenvalue weighted by Gasteiger charge is 2.18. The van der Waals surface area contributed by atoms with E-state index in [-0.39, 0.29) is 11.3 Å². The van der Waals surface area contributed by atoms with Gasteiger partial charge in [0.25, 0.3) is 5.91 Å². The Kier molecular flexibility index (Phi) is 5.65. The molecule has 0 bridgehead atoms. The van der Waals surface area contributed by atoms with Crippen molar-refractivity contribution >= 4 is 5.91 Å². The minimum Gasteiger partial charge on any atom is -0.492 e. The van der Waals surface area contributed by atoms with Gasteiger partial charge in [0.05, 0.1) is 12.2 Å². The second-order valence-electron chi connectivity index (χ2n) is 6.79. The lowest BCUT2D eigenvalue weighted by atomic mass is 9.87. The van der Waals surface area contributed by atoms with Gasteiger partial charge in [0.1, 0.15) is 23.7 Å². The third kappa shape index (κ3) is 4.37. The molecule has 5 nitrogen and oxygen atoms in total. The first-order valence-corrected chi connectivity index (χ1v) is 8.29. The summed E-state index contributed by atoms with van der Waals surface area (Å²) in [6.07, 6.45) is 0.663. The summed E-state index contributed by atoms with van der Waals surface area (Å²) in [4.78, 5) is 12.2. The Labute approximate surface area is 143 Å². The standard InChI is InChI=1S/C19H26N2O3/c1-6-16-17(13(2)24-21-16)18(22)20-11-12-23-15-9-7-14(8-10-15)19(3,4)5/h7-10H,6,11-12H2,1-5H3,(H,20,22). The van der Waals surface area contributed by atoms with Crippen LogP contribution in [0.1, 0.15) is 55.1 Å². The second-order valence-corrected chi connectivity index (χ2v) is 6.79. The summed E-state index contributed by atoms with van der Waals surface area (Å²) in [5, 5.41) is 6.73. The van der Waals surface area contributed by atoms with Gasteiger partial charge in [0.15, 0.2) is 0 Å². The van der Waals surface area contributed by atoms with Gasteiger partial charge in [-0.05, 0) is 36.5 Å². The van der Waals surface area contributed by atoms with Crippen LogP contribution in [0, 0.1) is 6.92 Å². The summed E-state index contributed by atoms with van der Waals surface area (Å²) in [5.74, 6) is 1.17. The zero-order valence-electron chi connectivity index (χ0n) is 15.1. The number of aryl methyl sites for hydroxylation is 2. The summed E-state index contributed by atoms with van der Waals surface area (Å²) >= 11 is 0. The summed E-state index contributed by atoms with van der Waals surface area (Å²) < 4.78 is 10.8. The molecule has 24 heavy (non-hydrogen) atoms. The SMILES string of the molecule is CCc1noc(C)c1C(=O)NCCOc1ccc(C(C)(C)C)cc1. The first-order chi connectivity index (χ1) is 11.3. The largest absolute Gasteiger partial charge is 0.492 e. The molecule has 130 valence electrons. The van der Waals surface area contributed by atoms with Crippen molar-refractivity contribution in [2.75, 3.05) is 13.2 Å². The number of carbonyl (C=O) groups is 1. The molecule has 1 heterocycles. The number of ether oxygens (including phenoxy) is 1. The highest BCUT2D eigenvalue weighted by molar-refractivity contribution is 5.96. The number of hydrogen-bond donors (Lipinski definition) is 1. The van der Waals surface area contributed by atoms with Crippen molar-refractivity contribution < 1.29 is 14.1 Å². The zero-order valence-corrected chi connectivity index (χ0v) is 15.1. The highest BCUT2D eigenvalue weighted by Crippen LogP contribution is 2.24. The van der Waals surface area contributed by atoms with E-state index in [1.165, 1.54) is 5.56 Å². The third-order valence-corrected chi connectivity index (χ3v) is 3.87. The number of nitrogens with one attached hydrogen (secondary N) is 1. The lowest BCUT2D eigenvalue weighted by Crippen LogP contribution is -2.29. The van der Waals surface area contributed by atoms with Crippen molar-refractivity contribution in [3.63, 3.8) is 0 Å². The van der Waals surface area contributed by atoms with Crippen LogP contribution >= 0.6 is 0 Å². The molecule has 1 aromatic carbocycles. The van der Waals surface area contributed by atoms with Gasteiger partial charge in [0.2, 0.25) is 0 Å². The van der Waals surface area contributed by atoms with Gasteiger partial charge in [-0.1, -0.05) is 45.0 Å². The average molecular weight is 330 g/mol. The predicted molar refractivity (Wildman–Crippen MR) is 93.6 cm³/mol. The molecule has 5 heteroatoms. The predicted octanol–water partition coefficient (Wildman–Crippen LogP) is 3.65. The molecule has 0 aliphatic heterocycles. The maximum absolute atomic E-state index is 12.2. The number of benzene rings is 1. The van der Waals surface area contributed by atoms with Crippen LogP contribution < -0.4 is 10.1 Å². The molecule has 0 saturated carbocycles. The van der Waals surface area contributed by atoms with Crippen LogP contribution in [0.25, 0.3) is 0 Å². The molecule has 0 saturated heterocycles. The fourth-order valence-corrected chi connectivity index (χ4v) is 2.42. The number of rotatable bonds is 6. The normalized spacial score (nSPS) is 11.4. The molecule has 0 aliphatic rings. The van der Waals surface area contributed by atoms with Crippen LogP contribution in [0.5, 0.6) is 5.75 Å². The minimum atomic E-state index is -0.169. The topological polar surface area (TPSA) is 64.4 Å². The summed E-state index contributed by atoms with van der Waals surface area (Å²) in [6, 6.07) is 8.06. The third-order valence-electron chi connectivity index (χ3n) is 3.87. The lowest BCUT2D eigenvalue weighted by molar-refractivity contribution is 0.0944. The van der Waals surface area contributed by atoms with E-state index in [0.29, 0.717) is 36.6 Å². The highest BCUT2D eigenvalue weighted by atomic mass is 16.5. The molecule has 0 aliphatic carbocycles. The molecular weight excluding hydrogens is 304 g/mol. The van der Waals surface area contributed by atoms with Gasteiger partial charge in [-0.2, -0.15) is 0 Å². The molecule has 0 spiro atoms. The molecular formula is C19H26N2O3. The first kappa shape index (κ1) is 18.0. The molecule has 1 amide bonds. The van der Waals surface area contributed by atoms with E-state index < -0.39 is 0 Å². The van der Waals surface area contributed by atoms with E-state index in [4.69, 9.17) is 9.26 Å². The Balaban J connectivity index is 1.82. The zero-order chi connectivity index (χ0) is 17.7. The van der Waals surface area contributed by atoms with Crippen molar-refractivity contribution in [3.8, 4) is 5.75 Å². The number of amides is 1. The minimum absolute atomic E-state index is 0.125. The van der Waals surface area contributed by atoms with E-state index in [1.807, 2.05) is 19.1 Å². The van der Waals surface area contributed by atoms with Gasteiger partial charge in [-0.3, -0.25) is 4.79 Å². The van der Waals surface area contributed by atoms with Gasteiger partial charge >= 0.3 is 0 Å². The van der Waals surface area contributed by atoms with Crippen molar-refractivity contribution in [1.29, 1.82) is 0 Å². The van der Waals surface area contributed by atoms with E-state index >= 15 is 0 Å². The number of nitrogens with zero attached hydrogens (tertiary/aromatic N) is 1. The van der Waals surface area contributed by atoms with Crippen LogP contribution in [0.2, 0.25) is 0 Å². The van der Waals surface area contributed by atoms with E-state index in [9.17, 15) is 4.79 Å². The molecule has 0 radical (unpaired) electrons. The van der Waals surface area contributed by atoms with E-state index in [1.54, 1.807) is 6.92 Å². The summed E-state index contributed by atoms with van der Waals surface area (Å²) in [5.41, 5.74) is 2.61. The molecule has 0 atom stereocenters. The van der Waals surface area contributed by atoms with Crippen molar-refractivity contribution in [2.24, 2.45) is 0 Å². The average Bonchev–Trinajstić information content (AvgIpc) is 2.92.